The summed E-state index contributed by atoms with van der Waals surface area (Å²) in [5.74, 6) is 0. The first kappa shape index (κ1) is 10.8. The largest absolute Gasteiger partial charge is 0.355 e. The molecule has 88 valence electrons. The predicted molar refractivity (Wildman–Crippen MR) is 76.2 cm³/mol. The van der Waals surface area contributed by atoms with Gasteiger partial charge in [-0.25, -0.2) is 0 Å². The number of hydrogen-bond donors (Lipinski definition) is 1. The monoisotopic (exact) mass is 234 g/mol. The van der Waals surface area contributed by atoms with Gasteiger partial charge in [0.15, 0.2) is 0 Å². The maximum absolute atomic E-state index is 4.38. The normalized spacial score (nSPS) is 10.5. The number of hydrogen-bond acceptors (Lipinski definition) is 2. The van der Waals surface area contributed by atoms with Crippen LogP contribution in [0.15, 0.2) is 60.8 Å². The molecule has 0 saturated carbocycles. The van der Waals surface area contributed by atoms with E-state index < -0.39 is 0 Å². The number of nitrogens with zero attached hydrogens (tertiary/aromatic N) is 1. The van der Waals surface area contributed by atoms with Crippen molar-refractivity contribution < 1.29 is 0 Å². The lowest BCUT2D eigenvalue weighted by atomic mass is 10.1. The lowest BCUT2D eigenvalue weighted by molar-refractivity contribution is 1.39. The van der Waals surface area contributed by atoms with E-state index in [0.717, 1.165) is 22.3 Å². The summed E-state index contributed by atoms with van der Waals surface area (Å²) in [7, 11) is 0. The van der Waals surface area contributed by atoms with Gasteiger partial charge in [0.25, 0.3) is 0 Å². The Morgan fingerprint density at radius 2 is 1.78 bits per heavy atom. The van der Waals surface area contributed by atoms with E-state index in [2.05, 4.69) is 47.6 Å². The summed E-state index contributed by atoms with van der Waals surface area (Å²) < 4.78 is 0. The maximum Gasteiger partial charge on any atom is 0.0723 e. The number of fused-ring (bicyclic) bond motifs is 1. The first-order valence-electron chi connectivity index (χ1n) is 6.00. The number of benzene rings is 2. The molecule has 0 atom stereocenters. The minimum Gasteiger partial charge on any atom is -0.355 e. The smallest absolute Gasteiger partial charge is 0.0723 e. The number of pyridine rings is 1. The van der Waals surface area contributed by atoms with Gasteiger partial charge < -0.3 is 5.32 Å². The number of para-hydroxylation sites is 1. The third-order valence-corrected chi connectivity index (χ3v) is 2.95. The Balaban J connectivity index is 2.09. The molecule has 0 radical (unpaired) electrons. The van der Waals surface area contributed by atoms with E-state index in [1.165, 1.54) is 5.56 Å². The van der Waals surface area contributed by atoms with Gasteiger partial charge in [0, 0.05) is 23.0 Å². The second-order valence-electron chi connectivity index (χ2n) is 4.37. The SMILES string of the molecule is Cc1ccc2nccc(Nc3ccccc3)c2c1. The van der Waals surface area contributed by atoms with Crippen LogP contribution in [-0.2, 0) is 0 Å². The molecule has 2 heteroatoms. The zero-order valence-corrected chi connectivity index (χ0v) is 10.2. The second kappa shape index (κ2) is 4.49. The molecule has 1 N–H and O–H groups in total. The third kappa shape index (κ3) is 2.05. The zero-order valence-electron chi connectivity index (χ0n) is 10.2. The molecule has 0 amide bonds. The number of nitrogens with one attached hydrogen (secondary N) is 1. The van der Waals surface area contributed by atoms with Crippen LogP contribution in [-0.4, -0.2) is 4.98 Å². The summed E-state index contributed by atoms with van der Waals surface area (Å²) in [6, 6.07) is 18.5. The van der Waals surface area contributed by atoms with Crippen LogP contribution in [0.5, 0.6) is 0 Å². The summed E-state index contributed by atoms with van der Waals surface area (Å²) in [6.07, 6.45) is 1.84. The average Bonchev–Trinajstić information content (AvgIpc) is 2.41. The van der Waals surface area contributed by atoms with Crippen molar-refractivity contribution >= 4 is 22.3 Å². The molecule has 0 saturated heterocycles. The molecule has 3 rings (SSSR count). The van der Waals surface area contributed by atoms with Gasteiger partial charge in [-0.3, -0.25) is 4.98 Å². The lowest BCUT2D eigenvalue weighted by Crippen LogP contribution is -1.92. The minimum atomic E-state index is 1.02. The molecule has 1 heterocycles. The second-order valence-corrected chi connectivity index (χ2v) is 4.37. The highest BCUT2D eigenvalue weighted by molar-refractivity contribution is 5.93. The molecular formula is C16H14N2. The van der Waals surface area contributed by atoms with Crippen molar-refractivity contribution in [3.05, 3.63) is 66.4 Å². The molecule has 0 unspecified atom stereocenters. The number of rotatable bonds is 2. The van der Waals surface area contributed by atoms with E-state index >= 15 is 0 Å². The minimum absolute atomic E-state index is 1.02. The molecule has 1 aromatic heterocycles. The molecule has 0 aliphatic rings. The van der Waals surface area contributed by atoms with Crippen molar-refractivity contribution in [1.29, 1.82) is 0 Å². The van der Waals surface area contributed by atoms with E-state index in [1.807, 2.05) is 30.5 Å². The van der Waals surface area contributed by atoms with Gasteiger partial charge in [-0.1, -0.05) is 29.8 Å². The Kier molecular flexibility index (Phi) is 2.69. The predicted octanol–water partition coefficient (Wildman–Crippen LogP) is 4.29. The van der Waals surface area contributed by atoms with Crippen LogP contribution in [0.25, 0.3) is 10.9 Å². The fourth-order valence-electron chi connectivity index (χ4n) is 2.05. The third-order valence-electron chi connectivity index (χ3n) is 2.95. The Morgan fingerprint density at radius 1 is 0.944 bits per heavy atom. The van der Waals surface area contributed by atoms with Gasteiger partial charge in [-0.2, -0.15) is 0 Å². The Hall–Kier alpha value is -2.35. The van der Waals surface area contributed by atoms with Gasteiger partial charge >= 0.3 is 0 Å². The van der Waals surface area contributed by atoms with Crippen molar-refractivity contribution in [2.75, 3.05) is 5.32 Å². The van der Waals surface area contributed by atoms with Crippen LogP contribution in [0.1, 0.15) is 5.56 Å². The van der Waals surface area contributed by atoms with Gasteiger partial charge in [-0.05, 0) is 37.3 Å². The van der Waals surface area contributed by atoms with Crippen molar-refractivity contribution in [3.63, 3.8) is 0 Å². The number of aryl methyl sites for hydroxylation is 1. The van der Waals surface area contributed by atoms with Crippen LogP contribution >= 0.6 is 0 Å². The number of aromatic nitrogens is 1. The van der Waals surface area contributed by atoms with Crippen LogP contribution < -0.4 is 5.32 Å². The molecule has 3 aromatic rings. The summed E-state index contributed by atoms with van der Waals surface area (Å²) in [6.45, 7) is 2.10. The van der Waals surface area contributed by atoms with Gasteiger partial charge in [-0.15, -0.1) is 0 Å². The Bertz CT molecular complexity index is 675. The fraction of sp³-hybridized carbons (Fsp3) is 0.0625. The molecule has 0 fully saturated rings. The van der Waals surface area contributed by atoms with Crippen LogP contribution in [0.3, 0.4) is 0 Å². The summed E-state index contributed by atoms with van der Waals surface area (Å²) >= 11 is 0. The van der Waals surface area contributed by atoms with Gasteiger partial charge in [0.05, 0.1) is 5.52 Å². The zero-order chi connectivity index (χ0) is 12.4. The van der Waals surface area contributed by atoms with E-state index in [0.29, 0.717) is 0 Å². The molecule has 0 spiro atoms. The highest BCUT2D eigenvalue weighted by Crippen LogP contribution is 2.25. The average molecular weight is 234 g/mol. The highest BCUT2D eigenvalue weighted by Gasteiger charge is 2.02. The molecule has 0 aliphatic heterocycles. The van der Waals surface area contributed by atoms with E-state index in [4.69, 9.17) is 0 Å². The molecule has 2 aromatic carbocycles. The quantitative estimate of drug-likeness (QED) is 0.715. The van der Waals surface area contributed by atoms with Crippen LogP contribution in [0, 0.1) is 6.92 Å². The maximum atomic E-state index is 4.38. The van der Waals surface area contributed by atoms with E-state index in [-0.39, 0.29) is 0 Å². The van der Waals surface area contributed by atoms with Crippen molar-refractivity contribution in [1.82, 2.24) is 4.98 Å². The first-order chi connectivity index (χ1) is 8.83. The van der Waals surface area contributed by atoms with Crippen molar-refractivity contribution in [3.8, 4) is 0 Å². The van der Waals surface area contributed by atoms with Crippen molar-refractivity contribution in [2.45, 2.75) is 6.92 Å². The molecular weight excluding hydrogens is 220 g/mol. The van der Waals surface area contributed by atoms with Crippen LogP contribution in [0.4, 0.5) is 11.4 Å². The molecule has 0 bridgehead atoms. The summed E-state index contributed by atoms with van der Waals surface area (Å²) in [5, 5.41) is 4.59. The van der Waals surface area contributed by atoms with Gasteiger partial charge in [0.1, 0.15) is 0 Å². The molecule has 2 nitrogen and oxygen atoms in total. The van der Waals surface area contributed by atoms with E-state index in [9.17, 15) is 0 Å². The molecule has 0 aliphatic carbocycles. The fourth-order valence-corrected chi connectivity index (χ4v) is 2.05. The van der Waals surface area contributed by atoms with Gasteiger partial charge in [0.2, 0.25) is 0 Å². The topological polar surface area (TPSA) is 24.9 Å². The van der Waals surface area contributed by atoms with E-state index in [1.54, 1.807) is 0 Å². The summed E-state index contributed by atoms with van der Waals surface area (Å²) in [5.41, 5.74) is 4.44. The lowest BCUT2D eigenvalue weighted by Gasteiger charge is -2.09. The Morgan fingerprint density at radius 3 is 2.61 bits per heavy atom. The number of anilines is 2. The van der Waals surface area contributed by atoms with Crippen LogP contribution in [0.2, 0.25) is 0 Å². The standard InChI is InChI=1S/C16H14N2/c1-12-7-8-15-14(11-12)16(9-10-17-15)18-13-5-3-2-4-6-13/h2-11H,1H3,(H,17,18). The molecule has 18 heavy (non-hydrogen) atoms. The highest BCUT2D eigenvalue weighted by atomic mass is 14.9. The Labute approximate surface area is 106 Å². The summed E-state index contributed by atoms with van der Waals surface area (Å²) in [4.78, 5) is 4.38. The first-order valence-corrected chi connectivity index (χ1v) is 6.00. The van der Waals surface area contributed by atoms with Crippen molar-refractivity contribution in [2.24, 2.45) is 0 Å².